The zero-order valence-corrected chi connectivity index (χ0v) is 14.8. The summed E-state index contributed by atoms with van der Waals surface area (Å²) >= 11 is 0. The van der Waals surface area contributed by atoms with Crippen LogP contribution in [0.2, 0.25) is 0 Å². The molecule has 0 saturated carbocycles. The van der Waals surface area contributed by atoms with E-state index in [1.165, 1.54) is 27.0 Å². The van der Waals surface area contributed by atoms with Gasteiger partial charge in [-0.1, -0.05) is 92.7 Å². The van der Waals surface area contributed by atoms with Crippen LogP contribution >= 0.6 is 7.92 Å². The predicted molar refractivity (Wildman–Crippen MR) is 104 cm³/mol. The average Bonchev–Trinajstić information content (AvgIpc) is 2.64. The molecular formula is C22H23P. The van der Waals surface area contributed by atoms with E-state index in [9.17, 15) is 0 Å². The fraction of sp³-hybridized carbons (Fsp3) is 0.182. The normalized spacial score (nSPS) is 10.9. The Balaban J connectivity index is 2.23. The summed E-state index contributed by atoms with van der Waals surface area (Å²) in [6.07, 6.45) is 2.16. The van der Waals surface area contributed by atoms with Crippen molar-refractivity contribution in [3.05, 3.63) is 90.0 Å². The van der Waals surface area contributed by atoms with Crippen molar-refractivity contribution in [2.45, 2.75) is 26.7 Å². The van der Waals surface area contributed by atoms with Crippen molar-refractivity contribution in [2.75, 3.05) is 0 Å². The molecule has 0 radical (unpaired) electrons. The van der Waals surface area contributed by atoms with Crippen molar-refractivity contribution >= 4 is 23.8 Å². The molecule has 0 N–H and O–H groups in total. The Morgan fingerprint density at radius 1 is 0.565 bits per heavy atom. The van der Waals surface area contributed by atoms with Gasteiger partial charge in [0.25, 0.3) is 0 Å². The predicted octanol–water partition coefficient (Wildman–Crippen LogP) is 4.57. The molecule has 3 rings (SSSR count). The van der Waals surface area contributed by atoms with Crippen LogP contribution in [0.5, 0.6) is 0 Å². The van der Waals surface area contributed by atoms with Gasteiger partial charge in [0, 0.05) is 0 Å². The van der Waals surface area contributed by atoms with E-state index >= 15 is 0 Å². The molecule has 0 fully saturated rings. The van der Waals surface area contributed by atoms with Gasteiger partial charge in [0.15, 0.2) is 0 Å². The highest BCUT2D eigenvalue weighted by atomic mass is 31.1. The minimum Gasteiger partial charge on any atom is -0.0622 e. The first-order valence-corrected chi connectivity index (χ1v) is 9.70. The fourth-order valence-electron chi connectivity index (χ4n) is 3.04. The van der Waals surface area contributed by atoms with Gasteiger partial charge in [-0.3, -0.25) is 0 Å². The van der Waals surface area contributed by atoms with Crippen molar-refractivity contribution in [1.29, 1.82) is 0 Å². The smallest absolute Gasteiger partial charge is 0.0119 e. The molecule has 0 bridgehead atoms. The molecule has 0 atom stereocenters. The molecule has 0 aliphatic rings. The third kappa shape index (κ3) is 3.38. The molecule has 0 aliphatic heterocycles. The van der Waals surface area contributed by atoms with E-state index in [0.717, 1.165) is 12.8 Å². The molecule has 3 aromatic carbocycles. The maximum absolute atomic E-state index is 2.32. The number of hydrogen-bond acceptors (Lipinski definition) is 0. The third-order valence-electron chi connectivity index (χ3n) is 4.24. The number of hydrogen-bond donors (Lipinski definition) is 0. The summed E-state index contributed by atoms with van der Waals surface area (Å²) in [5.74, 6) is 0. The zero-order valence-electron chi connectivity index (χ0n) is 13.9. The highest BCUT2D eigenvalue weighted by molar-refractivity contribution is 7.80. The highest BCUT2D eigenvalue weighted by Gasteiger charge is 2.20. The first-order valence-electron chi connectivity index (χ1n) is 8.36. The Morgan fingerprint density at radius 2 is 1.00 bits per heavy atom. The van der Waals surface area contributed by atoms with Gasteiger partial charge in [-0.05, 0) is 47.8 Å². The molecule has 0 spiro atoms. The van der Waals surface area contributed by atoms with Crippen molar-refractivity contribution < 1.29 is 0 Å². The molecule has 0 aromatic heterocycles. The van der Waals surface area contributed by atoms with Gasteiger partial charge in [0.1, 0.15) is 0 Å². The van der Waals surface area contributed by atoms with E-state index in [1.807, 2.05) is 0 Å². The summed E-state index contributed by atoms with van der Waals surface area (Å²) in [5, 5.41) is 4.43. The van der Waals surface area contributed by atoms with Crippen molar-refractivity contribution in [2.24, 2.45) is 0 Å². The lowest BCUT2D eigenvalue weighted by Crippen LogP contribution is -2.25. The molecule has 0 aliphatic carbocycles. The quantitative estimate of drug-likeness (QED) is 0.605. The van der Waals surface area contributed by atoms with E-state index in [0.29, 0.717) is 0 Å². The Kier molecular flexibility index (Phi) is 5.26. The van der Waals surface area contributed by atoms with Crippen LogP contribution in [0.25, 0.3) is 0 Å². The lowest BCUT2D eigenvalue weighted by molar-refractivity contribution is 1.15. The van der Waals surface area contributed by atoms with Gasteiger partial charge in [-0.25, -0.2) is 0 Å². The van der Waals surface area contributed by atoms with Crippen molar-refractivity contribution in [3.63, 3.8) is 0 Å². The molecule has 1 heteroatoms. The minimum absolute atomic E-state index is 0.499. The Labute approximate surface area is 141 Å². The number of rotatable bonds is 5. The van der Waals surface area contributed by atoms with Crippen LogP contribution < -0.4 is 15.9 Å². The standard InChI is InChI=1S/C22H23P/c1-3-18-12-8-10-16-21(18)23(20-14-6-5-7-15-20)22-17-11-9-13-19(22)4-2/h5-17H,3-4H2,1-2H3. The van der Waals surface area contributed by atoms with Gasteiger partial charge >= 0.3 is 0 Å². The molecular weight excluding hydrogens is 295 g/mol. The summed E-state index contributed by atoms with van der Waals surface area (Å²) in [5.41, 5.74) is 2.93. The molecule has 0 heterocycles. The Bertz CT molecular complexity index is 714. The first-order chi connectivity index (χ1) is 11.3. The lowest BCUT2D eigenvalue weighted by atomic mass is 10.2. The SMILES string of the molecule is CCc1ccccc1P(c1ccccc1)c1ccccc1CC. The van der Waals surface area contributed by atoms with Crippen molar-refractivity contribution in [1.82, 2.24) is 0 Å². The van der Waals surface area contributed by atoms with Crippen LogP contribution in [0, 0.1) is 0 Å². The third-order valence-corrected chi connectivity index (χ3v) is 6.89. The number of benzene rings is 3. The summed E-state index contributed by atoms with van der Waals surface area (Å²) < 4.78 is 0. The molecule has 23 heavy (non-hydrogen) atoms. The first kappa shape index (κ1) is 16.0. The van der Waals surface area contributed by atoms with Crippen LogP contribution in [0.1, 0.15) is 25.0 Å². The second-order valence-corrected chi connectivity index (χ2v) is 7.79. The molecule has 116 valence electrons. The van der Waals surface area contributed by atoms with Crippen LogP contribution in [-0.4, -0.2) is 0 Å². The number of aryl methyl sites for hydroxylation is 2. The van der Waals surface area contributed by atoms with Crippen molar-refractivity contribution in [3.8, 4) is 0 Å². The summed E-state index contributed by atoms with van der Waals surface area (Å²) in [7, 11) is -0.499. The summed E-state index contributed by atoms with van der Waals surface area (Å²) in [6, 6.07) is 28.9. The lowest BCUT2D eigenvalue weighted by Gasteiger charge is -2.24. The summed E-state index contributed by atoms with van der Waals surface area (Å²) in [4.78, 5) is 0. The molecule has 0 saturated heterocycles. The van der Waals surface area contributed by atoms with Crippen LogP contribution in [-0.2, 0) is 12.8 Å². The second kappa shape index (κ2) is 7.57. The van der Waals surface area contributed by atoms with Crippen LogP contribution in [0.3, 0.4) is 0 Å². The minimum atomic E-state index is -0.499. The molecule has 0 amide bonds. The molecule has 0 unspecified atom stereocenters. The largest absolute Gasteiger partial charge is 0.0622 e. The van der Waals surface area contributed by atoms with Gasteiger partial charge in [-0.2, -0.15) is 0 Å². The van der Waals surface area contributed by atoms with Crippen LogP contribution in [0.15, 0.2) is 78.9 Å². The van der Waals surface area contributed by atoms with E-state index in [-0.39, 0.29) is 0 Å². The van der Waals surface area contributed by atoms with Gasteiger partial charge < -0.3 is 0 Å². The topological polar surface area (TPSA) is 0 Å². The van der Waals surface area contributed by atoms with E-state index in [1.54, 1.807) is 0 Å². The fourth-order valence-corrected chi connectivity index (χ4v) is 5.84. The molecule has 3 aromatic rings. The highest BCUT2D eigenvalue weighted by Crippen LogP contribution is 2.35. The average molecular weight is 318 g/mol. The van der Waals surface area contributed by atoms with Crippen LogP contribution in [0.4, 0.5) is 0 Å². The van der Waals surface area contributed by atoms with Gasteiger partial charge in [-0.15, -0.1) is 0 Å². The monoisotopic (exact) mass is 318 g/mol. The summed E-state index contributed by atoms with van der Waals surface area (Å²) in [6.45, 7) is 4.51. The maximum atomic E-state index is 2.32. The van der Waals surface area contributed by atoms with E-state index in [2.05, 4.69) is 92.7 Å². The molecule has 0 nitrogen and oxygen atoms in total. The van der Waals surface area contributed by atoms with Gasteiger partial charge in [0.05, 0.1) is 0 Å². The van der Waals surface area contributed by atoms with E-state index in [4.69, 9.17) is 0 Å². The zero-order chi connectivity index (χ0) is 16.1. The Hall–Kier alpha value is -1.91. The van der Waals surface area contributed by atoms with Gasteiger partial charge in [0.2, 0.25) is 0 Å². The Morgan fingerprint density at radius 3 is 1.48 bits per heavy atom. The second-order valence-electron chi connectivity index (χ2n) is 5.64. The van der Waals surface area contributed by atoms with E-state index < -0.39 is 7.92 Å². The maximum Gasteiger partial charge on any atom is -0.0119 e.